The summed E-state index contributed by atoms with van der Waals surface area (Å²) in [6.07, 6.45) is 1.66. The number of fused-ring (bicyclic) bond motifs is 1. The molecular weight excluding hydrogens is 345 g/mol. The third-order valence-electron chi connectivity index (χ3n) is 1.67. The molecule has 2 aromatic rings. The molecule has 0 aliphatic heterocycles. The van der Waals surface area contributed by atoms with E-state index in [1.807, 2.05) is 24.3 Å². The van der Waals surface area contributed by atoms with Crippen molar-refractivity contribution in [1.29, 1.82) is 0 Å². The van der Waals surface area contributed by atoms with Crippen LogP contribution in [0.5, 0.6) is 0 Å². The van der Waals surface area contributed by atoms with Crippen molar-refractivity contribution in [2.45, 2.75) is 0 Å². The Labute approximate surface area is 89.8 Å². The molecule has 0 unspecified atom stereocenters. The summed E-state index contributed by atoms with van der Waals surface area (Å²) < 4.78 is 0. The van der Waals surface area contributed by atoms with Gasteiger partial charge in [-0.1, -0.05) is 12.1 Å². The van der Waals surface area contributed by atoms with Gasteiger partial charge < -0.3 is 4.98 Å². The molecule has 1 heterocycles. The molecule has 0 bridgehead atoms. The van der Waals surface area contributed by atoms with Gasteiger partial charge >= 0.3 is 27.3 Å². The van der Waals surface area contributed by atoms with Crippen LogP contribution in [0.3, 0.4) is 0 Å². The molecule has 1 N–H and O–H groups in total. The van der Waals surface area contributed by atoms with Crippen molar-refractivity contribution in [3.05, 3.63) is 46.8 Å². The van der Waals surface area contributed by atoms with Crippen LogP contribution in [0.25, 0.3) is 10.9 Å². The van der Waals surface area contributed by atoms with Gasteiger partial charge in [-0.3, -0.25) is 4.79 Å². The van der Waals surface area contributed by atoms with Gasteiger partial charge in [0.1, 0.15) is 0 Å². The quantitative estimate of drug-likeness (QED) is 0.691. The second-order valence-electron chi connectivity index (χ2n) is 2.39. The van der Waals surface area contributed by atoms with Gasteiger partial charge in [0.05, 0.1) is 0 Å². The van der Waals surface area contributed by atoms with Crippen molar-refractivity contribution in [2.75, 3.05) is 0 Å². The minimum absolute atomic E-state index is 0. The number of hydrogen-bond donors (Lipinski definition) is 1. The Kier molecular flexibility index (Phi) is 3.02. The Morgan fingerprint density at radius 2 is 1.83 bits per heavy atom. The summed E-state index contributed by atoms with van der Waals surface area (Å²) in [4.78, 5) is 14.2. The first-order valence-corrected chi connectivity index (χ1v) is 3.44. The molecule has 0 saturated heterocycles. The summed E-state index contributed by atoms with van der Waals surface area (Å²) in [6, 6.07) is 8.99. The number of benzene rings is 1. The van der Waals surface area contributed by atoms with E-state index < -0.39 is 0 Å². The molecule has 2 rings (SSSR count). The standard InChI is InChI=1S/C9H7NO.Pb.2H/c11-9-5-6-10-8-4-2-1-3-7(8)9;;;/h1-6H,(H,10,11);;;. The predicted molar refractivity (Wildman–Crippen MR) is 53.1 cm³/mol. The summed E-state index contributed by atoms with van der Waals surface area (Å²) in [5, 5.41) is 0.745. The van der Waals surface area contributed by atoms with Crippen molar-refractivity contribution in [3.63, 3.8) is 0 Å². The number of H-pyrrole nitrogens is 1. The van der Waals surface area contributed by atoms with Crippen LogP contribution in [0.1, 0.15) is 0 Å². The Balaban J connectivity index is 0.000000720. The summed E-state index contributed by atoms with van der Waals surface area (Å²) in [6.45, 7) is 0. The fraction of sp³-hybridized carbons (Fsp3) is 0. The zero-order chi connectivity index (χ0) is 7.68. The number of rotatable bonds is 0. The number of hydrogen-bond acceptors (Lipinski definition) is 1. The van der Waals surface area contributed by atoms with Crippen LogP contribution >= 0.6 is 0 Å². The van der Waals surface area contributed by atoms with Gasteiger partial charge in [-0.2, -0.15) is 0 Å². The van der Waals surface area contributed by atoms with E-state index in [0.29, 0.717) is 0 Å². The summed E-state index contributed by atoms with van der Waals surface area (Å²) in [5.41, 5.74) is 0.958. The van der Waals surface area contributed by atoms with Crippen molar-refractivity contribution >= 4 is 38.2 Å². The zero-order valence-corrected chi connectivity index (χ0v) is 12.1. The SMILES string of the molecule is O=c1cc[nH]c2ccccc12.[PbH2]. The van der Waals surface area contributed by atoms with Gasteiger partial charge in [-0.05, 0) is 12.1 Å². The van der Waals surface area contributed by atoms with Gasteiger partial charge in [0, 0.05) is 23.2 Å². The normalized spacial score (nSPS) is 9.33. The number of pyridine rings is 1. The van der Waals surface area contributed by atoms with Crippen LogP contribution in [0.2, 0.25) is 0 Å². The third kappa shape index (κ3) is 1.57. The van der Waals surface area contributed by atoms with Crippen LogP contribution in [0.4, 0.5) is 0 Å². The molecule has 0 atom stereocenters. The Morgan fingerprint density at radius 1 is 1.08 bits per heavy atom. The first-order chi connectivity index (χ1) is 5.38. The van der Waals surface area contributed by atoms with E-state index in [9.17, 15) is 4.79 Å². The van der Waals surface area contributed by atoms with E-state index in [0.717, 1.165) is 10.9 Å². The molecule has 0 aliphatic carbocycles. The van der Waals surface area contributed by atoms with Crippen LogP contribution in [0.15, 0.2) is 41.3 Å². The number of aromatic nitrogens is 1. The molecule has 2 radical (unpaired) electrons. The first kappa shape index (κ1) is 9.44. The number of aromatic amines is 1. The second-order valence-corrected chi connectivity index (χ2v) is 2.39. The van der Waals surface area contributed by atoms with E-state index in [4.69, 9.17) is 0 Å². The third-order valence-corrected chi connectivity index (χ3v) is 1.67. The summed E-state index contributed by atoms with van der Waals surface area (Å²) in [5.74, 6) is 0. The fourth-order valence-corrected chi connectivity index (χ4v) is 1.12. The topological polar surface area (TPSA) is 32.9 Å². The molecule has 0 saturated carbocycles. The zero-order valence-electron chi connectivity index (χ0n) is 6.58. The maximum absolute atomic E-state index is 11.2. The minimum atomic E-state index is 0. The Morgan fingerprint density at radius 3 is 2.58 bits per heavy atom. The van der Waals surface area contributed by atoms with Gasteiger partial charge in [0.15, 0.2) is 5.43 Å². The van der Waals surface area contributed by atoms with E-state index in [1.165, 1.54) is 6.07 Å². The van der Waals surface area contributed by atoms with Crippen molar-refractivity contribution in [3.8, 4) is 0 Å². The molecule has 0 spiro atoms. The first-order valence-electron chi connectivity index (χ1n) is 3.44. The van der Waals surface area contributed by atoms with E-state index in [-0.39, 0.29) is 32.7 Å². The van der Waals surface area contributed by atoms with E-state index >= 15 is 0 Å². The monoisotopic (exact) mass is 355 g/mol. The van der Waals surface area contributed by atoms with Gasteiger partial charge in [-0.15, -0.1) is 0 Å². The fourth-order valence-electron chi connectivity index (χ4n) is 1.12. The molecule has 60 valence electrons. The Hall–Kier alpha value is -0.648. The molecular formula is C9H9NOPb. The van der Waals surface area contributed by atoms with Crippen molar-refractivity contribution < 1.29 is 0 Å². The number of nitrogens with one attached hydrogen (secondary N) is 1. The molecule has 0 fully saturated rings. The van der Waals surface area contributed by atoms with Gasteiger partial charge in [0.2, 0.25) is 0 Å². The van der Waals surface area contributed by atoms with Gasteiger partial charge in [0.25, 0.3) is 0 Å². The summed E-state index contributed by atoms with van der Waals surface area (Å²) >= 11 is 0. The van der Waals surface area contributed by atoms with Crippen molar-refractivity contribution in [1.82, 2.24) is 4.98 Å². The molecule has 2 nitrogen and oxygen atoms in total. The van der Waals surface area contributed by atoms with E-state index in [1.54, 1.807) is 6.20 Å². The Bertz CT molecular complexity index is 430. The molecule has 0 aliphatic rings. The molecule has 0 amide bonds. The van der Waals surface area contributed by atoms with Crippen LogP contribution in [-0.2, 0) is 0 Å². The summed E-state index contributed by atoms with van der Waals surface area (Å²) in [7, 11) is 0. The van der Waals surface area contributed by atoms with Crippen molar-refractivity contribution in [2.24, 2.45) is 0 Å². The average Bonchev–Trinajstić information content (AvgIpc) is 2.06. The van der Waals surface area contributed by atoms with Crippen LogP contribution in [0, 0.1) is 0 Å². The van der Waals surface area contributed by atoms with Crippen LogP contribution < -0.4 is 5.43 Å². The number of para-hydroxylation sites is 1. The molecule has 12 heavy (non-hydrogen) atoms. The molecule has 3 heteroatoms. The van der Waals surface area contributed by atoms with Crippen LogP contribution in [-0.4, -0.2) is 32.3 Å². The van der Waals surface area contributed by atoms with E-state index in [2.05, 4.69) is 4.98 Å². The second kappa shape index (κ2) is 3.84. The molecule has 1 aromatic heterocycles. The predicted octanol–water partition coefficient (Wildman–Crippen LogP) is 0.612. The average molecular weight is 354 g/mol. The van der Waals surface area contributed by atoms with Gasteiger partial charge in [-0.25, -0.2) is 0 Å². The molecule has 1 aromatic carbocycles. The maximum atomic E-state index is 11.2.